The van der Waals surface area contributed by atoms with Gasteiger partial charge in [-0.2, -0.15) is 0 Å². The van der Waals surface area contributed by atoms with Crippen molar-refractivity contribution in [2.75, 3.05) is 7.11 Å². The first-order chi connectivity index (χ1) is 9.26. The van der Waals surface area contributed by atoms with Crippen LogP contribution in [0, 0.1) is 6.92 Å². The lowest BCUT2D eigenvalue weighted by Crippen LogP contribution is -1.81. The molecule has 0 radical (unpaired) electrons. The van der Waals surface area contributed by atoms with Crippen LogP contribution in [0.15, 0.2) is 58.5 Å². The van der Waals surface area contributed by atoms with Crippen LogP contribution in [0.3, 0.4) is 0 Å². The molecule has 1 N–H and O–H groups in total. The summed E-state index contributed by atoms with van der Waals surface area (Å²) in [5.74, 6) is 0.888. The van der Waals surface area contributed by atoms with Crippen LogP contribution in [-0.4, -0.2) is 12.1 Å². The van der Waals surface area contributed by atoms with Crippen molar-refractivity contribution in [2.24, 2.45) is 0 Å². The molecule has 0 atom stereocenters. The number of aryl methyl sites for hydroxylation is 1. The number of methoxy groups -OCH3 is 1. The van der Waals surface area contributed by atoms with Gasteiger partial charge in [0.15, 0.2) is 0 Å². The number of benzene rings is 2. The Hall–Kier alpha value is -1.87. The molecule has 2 nitrogen and oxygen atoms in total. The Bertz CT molecular complexity index is 700. The summed E-state index contributed by atoms with van der Waals surface area (Å²) < 4.78 is 5.17. The first-order valence-electron chi connectivity index (χ1n) is 6.16. The van der Waals surface area contributed by atoms with Gasteiger partial charge >= 0.3 is 0 Å². The minimum absolute atomic E-state index is 0.888. The summed E-state index contributed by atoms with van der Waals surface area (Å²) in [5.41, 5.74) is 2.46. The van der Waals surface area contributed by atoms with Crippen molar-refractivity contribution in [3.05, 3.63) is 54.2 Å². The third kappa shape index (κ3) is 2.47. The summed E-state index contributed by atoms with van der Waals surface area (Å²) in [7, 11) is 1.68. The van der Waals surface area contributed by atoms with E-state index in [1.807, 2.05) is 12.1 Å². The maximum atomic E-state index is 5.17. The van der Waals surface area contributed by atoms with E-state index in [1.165, 1.54) is 26.3 Å². The van der Waals surface area contributed by atoms with E-state index in [-0.39, 0.29) is 0 Å². The molecule has 0 bridgehead atoms. The summed E-state index contributed by atoms with van der Waals surface area (Å²) in [6.07, 6.45) is 2.07. The largest absolute Gasteiger partial charge is 0.497 e. The van der Waals surface area contributed by atoms with Gasteiger partial charge in [-0.05, 0) is 42.8 Å². The van der Waals surface area contributed by atoms with E-state index in [0.29, 0.717) is 0 Å². The molecule has 0 saturated heterocycles. The highest BCUT2D eigenvalue weighted by atomic mass is 32.2. The summed E-state index contributed by atoms with van der Waals surface area (Å²) in [5, 5.41) is 1.27. The number of aromatic nitrogens is 1. The number of ether oxygens (including phenoxy) is 1. The molecule has 0 unspecified atom stereocenters. The molecule has 0 amide bonds. The molecule has 1 heterocycles. The van der Waals surface area contributed by atoms with Gasteiger partial charge < -0.3 is 9.72 Å². The Labute approximate surface area is 116 Å². The van der Waals surface area contributed by atoms with E-state index in [2.05, 4.69) is 48.4 Å². The molecule has 0 aliphatic carbocycles. The fourth-order valence-corrected chi connectivity index (χ4v) is 3.00. The highest BCUT2D eigenvalue weighted by molar-refractivity contribution is 7.99. The van der Waals surface area contributed by atoms with Crippen LogP contribution in [0.2, 0.25) is 0 Å². The molecule has 3 aromatic rings. The maximum Gasteiger partial charge on any atom is 0.118 e. The molecule has 19 heavy (non-hydrogen) atoms. The number of aromatic amines is 1. The zero-order chi connectivity index (χ0) is 13.2. The van der Waals surface area contributed by atoms with Gasteiger partial charge in [-0.3, -0.25) is 0 Å². The van der Waals surface area contributed by atoms with Gasteiger partial charge in [0.25, 0.3) is 0 Å². The lowest BCUT2D eigenvalue weighted by atomic mass is 10.2. The van der Waals surface area contributed by atoms with Crippen LogP contribution in [0.25, 0.3) is 10.9 Å². The second kappa shape index (κ2) is 5.02. The molecular weight excluding hydrogens is 254 g/mol. The SMILES string of the molecule is COc1ccc(Sc2c[nH]c3cc(C)ccc23)cc1. The van der Waals surface area contributed by atoms with E-state index >= 15 is 0 Å². The van der Waals surface area contributed by atoms with Gasteiger partial charge in [-0.1, -0.05) is 23.9 Å². The fourth-order valence-electron chi connectivity index (χ4n) is 2.07. The second-order valence-corrected chi connectivity index (χ2v) is 5.59. The molecule has 0 saturated carbocycles. The normalized spacial score (nSPS) is 10.8. The predicted molar refractivity (Wildman–Crippen MR) is 80.2 cm³/mol. The topological polar surface area (TPSA) is 25.0 Å². The monoisotopic (exact) mass is 269 g/mol. The smallest absolute Gasteiger partial charge is 0.118 e. The molecule has 3 rings (SSSR count). The lowest BCUT2D eigenvalue weighted by molar-refractivity contribution is 0.414. The van der Waals surface area contributed by atoms with E-state index in [9.17, 15) is 0 Å². The Morgan fingerprint density at radius 3 is 2.58 bits per heavy atom. The molecule has 96 valence electrons. The van der Waals surface area contributed by atoms with E-state index in [0.717, 1.165) is 5.75 Å². The molecule has 0 aliphatic rings. The molecule has 0 fully saturated rings. The summed E-state index contributed by atoms with van der Waals surface area (Å²) in [6, 6.07) is 14.6. The highest BCUT2D eigenvalue weighted by Gasteiger charge is 2.05. The molecule has 0 spiro atoms. The maximum absolute atomic E-state index is 5.17. The number of rotatable bonds is 3. The van der Waals surface area contributed by atoms with Crippen LogP contribution in [0.1, 0.15) is 5.56 Å². The van der Waals surface area contributed by atoms with Gasteiger partial charge in [0.05, 0.1) is 7.11 Å². The van der Waals surface area contributed by atoms with E-state index < -0.39 is 0 Å². The van der Waals surface area contributed by atoms with Crippen LogP contribution < -0.4 is 4.74 Å². The van der Waals surface area contributed by atoms with E-state index in [1.54, 1.807) is 18.9 Å². The van der Waals surface area contributed by atoms with Gasteiger partial charge in [0.1, 0.15) is 5.75 Å². The zero-order valence-electron chi connectivity index (χ0n) is 10.9. The molecule has 1 aromatic heterocycles. The van der Waals surface area contributed by atoms with Crippen molar-refractivity contribution in [3.8, 4) is 5.75 Å². The van der Waals surface area contributed by atoms with Crippen LogP contribution in [-0.2, 0) is 0 Å². The first kappa shape index (κ1) is 12.2. The van der Waals surface area contributed by atoms with Crippen molar-refractivity contribution in [2.45, 2.75) is 16.7 Å². The van der Waals surface area contributed by atoms with Crippen molar-refractivity contribution in [1.82, 2.24) is 4.98 Å². The zero-order valence-corrected chi connectivity index (χ0v) is 11.8. The van der Waals surface area contributed by atoms with Gasteiger partial charge in [-0.25, -0.2) is 0 Å². The Kier molecular flexibility index (Phi) is 3.22. The number of hydrogen-bond acceptors (Lipinski definition) is 2. The molecular formula is C16H15NOS. The van der Waals surface area contributed by atoms with Gasteiger partial charge in [-0.15, -0.1) is 0 Å². The van der Waals surface area contributed by atoms with Crippen LogP contribution in [0.4, 0.5) is 0 Å². The average molecular weight is 269 g/mol. The molecule has 2 aromatic carbocycles. The Balaban J connectivity index is 1.92. The first-order valence-corrected chi connectivity index (χ1v) is 6.97. The van der Waals surface area contributed by atoms with Crippen molar-refractivity contribution in [3.63, 3.8) is 0 Å². The summed E-state index contributed by atoms with van der Waals surface area (Å²) >= 11 is 1.76. The second-order valence-electron chi connectivity index (χ2n) is 4.48. The van der Waals surface area contributed by atoms with Gasteiger partial charge in [0, 0.05) is 26.9 Å². The Morgan fingerprint density at radius 1 is 1.05 bits per heavy atom. The standard InChI is InChI=1S/C16H15NOS/c1-11-3-8-14-15(9-11)17-10-16(14)19-13-6-4-12(18-2)5-7-13/h3-10,17H,1-2H3. The lowest BCUT2D eigenvalue weighted by Gasteiger charge is -2.02. The van der Waals surface area contributed by atoms with Crippen molar-refractivity contribution < 1.29 is 4.74 Å². The molecule has 3 heteroatoms. The Morgan fingerprint density at radius 2 is 1.84 bits per heavy atom. The van der Waals surface area contributed by atoms with Crippen molar-refractivity contribution in [1.29, 1.82) is 0 Å². The van der Waals surface area contributed by atoms with Gasteiger partial charge in [0.2, 0.25) is 0 Å². The minimum Gasteiger partial charge on any atom is -0.497 e. The average Bonchev–Trinajstić information content (AvgIpc) is 2.82. The number of H-pyrrole nitrogens is 1. The van der Waals surface area contributed by atoms with E-state index in [4.69, 9.17) is 4.74 Å². The van der Waals surface area contributed by atoms with Crippen molar-refractivity contribution >= 4 is 22.7 Å². The third-order valence-electron chi connectivity index (χ3n) is 3.09. The summed E-state index contributed by atoms with van der Waals surface area (Å²) in [6.45, 7) is 2.11. The predicted octanol–water partition coefficient (Wildman–Crippen LogP) is 4.64. The quantitative estimate of drug-likeness (QED) is 0.749. The minimum atomic E-state index is 0.888. The molecule has 0 aliphatic heterocycles. The number of nitrogens with one attached hydrogen (secondary N) is 1. The number of fused-ring (bicyclic) bond motifs is 1. The van der Waals surface area contributed by atoms with Crippen LogP contribution in [0.5, 0.6) is 5.75 Å². The number of hydrogen-bond donors (Lipinski definition) is 1. The summed E-state index contributed by atoms with van der Waals surface area (Å²) in [4.78, 5) is 5.79. The highest BCUT2D eigenvalue weighted by Crippen LogP contribution is 2.34. The third-order valence-corrected chi connectivity index (χ3v) is 4.15. The fraction of sp³-hybridized carbons (Fsp3) is 0.125. The van der Waals surface area contributed by atoms with Crippen LogP contribution >= 0.6 is 11.8 Å².